The smallest absolute Gasteiger partial charge is 0.305 e. The van der Waals surface area contributed by atoms with Gasteiger partial charge in [0.2, 0.25) is 5.91 Å². The van der Waals surface area contributed by atoms with Crippen LogP contribution >= 0.6 is 0 Å². The molecule has 0 aromatic carbocycles. The zero-order chi connectivity index (χ0) is 52.9. The Kier molecular flexibility index (Phi) is 61.4. The van der Waals surface area contributed by atoms with Crippen LogP contribution in [0.3, 0.4) is 0 Å². The summed E-state index contributed by atoms with van der Waals surface area (Å²) >= 11 is 0. The Morgan fingerprint density at radius 3 is 0.973 bits per heavy atom. The average molecular weight is 1030 g/mol. The van der Waals surface area contributed by atoms with Gasteiger partial charge in [-0.25, -0.2) is 0 Å². The van der Waals surface area contributed by atoms with E-state index in [0.29, 0.717) is 19.4 Å². The molecule has 0 radical (unpaired) electrons. The molecule has 0 saturated heterocycles. The molecule has 0 bridgehead atoms. The molecule has 2 atom stereocenters. The lowest BCUT2D eigenvalue weighted by Gasteiger charge is -2.20. The Morgan fingerprint density at radius 1 is 0.370 bits per heavy atom. The normalized spacial score (nSPS) is 12.7. The Labute approximate surface area is 456 Å². The van der Waals surface area contributed by atoms with Crippen molar-refractivity contribution in [2.75, 3.05) is 13.2 Å². The van der Waals surface area contributed by atoms with Crippen molar-refractivity contribution in [2.24, 2.45) is 0 Å². The maximum absolute atomic E-state index is 12.4. The first kappa shape index (κ1) is 71.3. The Balaban J connectivity index is 3.34. The number of rotatable bonds is 62. The molecule has 6 nitrogen and oxygen atoms in total. The summed E-state index contributed by atoms with van der Waals surface area (Å²) in [5.74, 6) is -0.0474. The molecule has 0 aliphatic rings. The first-order valence-electron chi connectivity index (χ1n) is 33.1. The Bertz CT molecular complexity index is 1140. The van der Waals surface area contributed by atoms with E-state index in [0.717, 1.165) is 38.5 Å². The number of ether oxygens (including phenoxy) is 1. The number of esters is 1. The van der Waals surface area contributed by atoms with Gasteiger partial charge >= 0.3 is 5.97 Å². The van der Waals surface area contributed by atoms with E-state index in [2.05, 4.69) is 31.3 Å². The molecular weight excluding hydrogens is 899 g/mol. The van der Waals surface area contributed by atoms with Gasteiger partial charge in [0.05, 0.1) is 25.4 Å². The van der Waals surface area contributed by atoms with Crippen molar-refractivity contribution in [3.05, 3.63) is 24.3 Å². The summed E-state index contributed by atoms with van der Waals surface area (Å²) in [5, 5.41) is 23.0. The Morgan fingerprint density at radius 2 is 0.644 bits per heavy atom. The molecule has 0 heterocycles. The van der Waals surface area contributed by atoms with Gasteiger partial charge in [0.1, 0.15) is 0 Å². The SMILES string of the molecule is CCCCCCCCCC/C=C/C(O)C(CO)NC(=O)CCCCCCCCCCCCCCC/C=C\CCCCCCCCCCCCCCOC(=O)CCCCCCCCCCCCCCCCCCC. The predicted molar refractivity (Wildman–Crippen MR) is 320 cm³/mol. The highest BCUT2D eigenvalue weighted by Gasteiger charge is 2.18. The van der Waals surface area contributed by atoms with Gasteiger partial charge in [0.25, 0.3) is 0 Å². The quantitative estimate of drug-likeness (QED) is 0.0320. The molecule has 1 amide bonds. The predicted octanol–water partition coefficient (Wildman–Crippen LogP) is 21.0. The zero-order valence-corrected chi connectivity index (χ0v) is 49.4. The van der Waals surface area contributed by atoms with E-state index in [1.165, 1.54) is 302 Å². The van der Waals surface area contributed by atoms with Crippen molar-refractivity contribution in [3.63, 3.8) is 0 Å². The molecule has 0 saturated carbocycles. The molecule has 0 aliphatic heterocycles. The number of carbonyl (C=O) groups excluding carboxylic acids is 2. The third-order valence-electron chi connectivity index (χ3n) is 15.5. The number of aliphatic hydroxyl groups excluding tert-OH is 2. The van der Waals surface area contributed by atoms with Gasteiger partial charge in [0, 0.05) is 12.8 Å². The molecule has 0 rings (SSSR count). The monoisotopic (exact) mass is 1030 g/mol. The minimum Gasteiger partial charge on any atom is -0.466 e. The lowest BCUT2D eigenvalue weighted by molar-refractivity contribution is -0.143. The molecular formula is C67H129NO5. The van der Waals surface area contributed by atoms with Gasteiger partial charge in [-0.1, -0.05) is 321 Å². The van der Waals surface area contributed by atoms with Crippen molar-refractivity contribution in [1.29, 1.82) is 0 Å². The molecule has 73 heavy (non-hydrogen) atoms. The van der Waals surface area contributed by atoms with Crippen LogP contribution in [0, 0.1) is 0 Å². The highest BCUT2D eigenvalue weighted by Crippen LogP contribution is 2.18. The second-order valence-electron chi connectivity index (χ2n) is 22.8. The fourth-order valence-corrected chi connectivity index (χ4v) is 10.4. The van der Waals surface area contributed by atoms with Gasteiger partial charge < -0.3 is 20.3 Å². The average Bonchev–Trinajstić information content (AvgIpc) is 3.39. The molecule has 0 aliphatic carbocycles. The van der Waals surface area contributed by atoms with Crippen LogP contribution in [0.2, 0.25) is 0 Å². The van der Waals surface area contributed by atoms with Crippen LogP contribution in [0.5, 0.6) is 0 Å². The maximum atomic E-state index is 12.4. The number of unbranched alkanes of at least 4 members (excludes halogenated alkanes) is 49. The fourth-order valence-electron chi connectivity index (χ4n) is 10.4. The largest absolute Gasteiger partial charge is 0.466 e. The van der Waals surface area contributed by atoms with Gasteiger partial charge in [-0.3, -0.25) is 9.59 Å². The number of hydrogen-bond acceptors (Lipinski definition) is 5. The third-order valence-corrected chi connectivity index (χ3v) is 15.5. The summed E-state index contributed by atoms with van der Waals surface area (Å²) in [7, 11) is 0. The first-order valence-corrected chi connectivity index (χ1v) is 33.1. The van der Waals surface area contributed by atoms with Crippen molar-refractivity contribution < 1.29 is 24.5 Å². The maximum Gasteiger partial charge on any atom is 0.305 e. The van der Waals surface area contributed by atoms with Crippen LogP contribution in [0.15, 0.2) is 24.3 Å². The molecule has 0 aromatic heterocycles. The van der Waals surface area contributed by atoms with Crippen molar-refractivity contribution in [3.8, 4) is 0 Å². The van der Waals surface area contributed by atoms with Gasteiger partial charge in [-0.15, -0.1) is 0 Å². The van der Waals surface area contributed by atoms with Crippen LogP contribution in [0.25, 0.3) is 0 Å². The molecule has 3 N–H and O–H groups in total. The number of hydrogen-bond donors (Lipinski definition) is 3. The number of aliphatic hydroxyl groups is 2. The summed E-state index contributed by atoms with van der Waals surface area (Å²) in [5.41, 5.74) is 0. The van der Waals surface area contributed by atoms with Gasteiger partial charge in [-0.2, -0.15) is 0 Å². The van der Waals surface area contributed by atoms with Crippen molar-refractivity contribution >= 4 is 11.9 Å². The highest BCUT2D eigenvalue weighted by molar-refractivity contribution is 5.76. The summed E-state index contributed by atoms with van der Waals surface area (Å²) in [4.78, 5) is 24.5. The van der Waals surface area contributed by atoms with Crippen LogP contribution in [-0.2, 0) is 14.3 Å². The van der Waals surface area contributed by atoms with E-state index in [1.54, 1.807) is 6.08 Å². The second kappa shape index (κ2) is 62.9. The van der Waals surface area contributed by atoms with E-state index in [4.69, 9.17) is 4.74 Å². The van der Waals surface area contributed by atoms with E-state index < -0.39 is 12.1 Å². The highest BCUT2D eigenvalue weighted by atomic mass is 16.5. The van der Waals surface area contributed by atoms with E-state index >= 15 is 0 Å². The third kappa shape index (κ3) is 59.4. The number of nitrogens with one attached hydrogen (secondary N) is 1. The minimum absolute atomic E-state index is 0.0205. The minimum atomic E-state index is -0.841. The lowest BCUT2D eigenvalue weighted by atomic mass is 10.0. The standard InChI is InChI=1S/C67H129NO5/c1-3-5-7-9-11-13-15-16-17-31-35-38-41-45-49-53-57-61-67(72)73-62-58-54-50-46-42-39-36-33-30-28-26-24-22-20-18-19-21-23-25-27-29-32-34-37-40-44-48-52-56-60-66(71)68-64(63-69)65(70)59-55-51-47-43-14-12-10-8-6-4-2/h18,20,55,59,64-65,69-70H,3-17,19,21-54,56-58,60-63H2,1-2H3,(H,68,71)/b20-18-,59-55+. The fraction of sp³-hybridized carbons (Fsp3) is 0.910. The Hall–Kier alpha value is -1.66. The molecule has 6 heteroatoms. The summed E-state index contributed by atoms with van der Waals surface area (Å²) < 4.78 is 5.50. The van der Waals surface area contributed by atoms with Crippen LogP contribution in [0.4, 0.5) is 0 Å². The van der Waals surface area contributed by atoms with Crippen LogP contribution in [-0.4, -0.2) is 47.4 Å². The molecule has 0 fully saturated rings. The number of amides is 1. The van der Waals surface area contributed by atoms with Crippen molar-refractivity contribution in [2.45, 2.75) is 379 Å². The van der Waals surface area contributed by atoms with E-state index in [1.807, 2.05) is 6.08 Å². The molecule has 2 unspecified atom stereocenters. The van der Waals surface area contributed by atoms with Gasteiger partial charge in [0.15, 0.2) is 0 Å². The van der Waals surface area contributed by atoms with E-state index in [9.17, 15) is 19.8 Å². The zero-order valence-electron chi connectivity index (χ0n) is 49.4. The number of allylic oxidation sites excluding steroid dienone is 3. The summed E-state index contributed by atoms with van der Waals surface area (Å²) in [6, 6.07) is -0.625. The molecule has 432 valence electrons. The molecule has 0 spiro atoms. The topological polar surface area (TPSA) is 95.9 Å². The van der Waals surface area contributed by atoms with Crippen molar-refractivity contribution in [1.82, 2.24) is 5.32 Å². The second-order valence-corrected chi connectivity index (χ2v) is 22.8. The van der Waals surface area contributed by atoms with Crippen LogP contribution in [0.1, 0.15) is 367 Å². The molecule has 0 aromatic rings. The first-order chi connectivity index (χ1) is 36.0. The number of carbonyl (C=O) groups is 2. The van der Waals surface area contributed by atoms with Crippen LogP contribution < -0.4 is 5.32 Å². The van der Waals surface area contributed by atoms with Gasteiger partial charge in [-0.05, 0) is 57.8 Å². The van der Waals surface area contributed by atoms with E-state index in [-0.39, 0.29) is 18.5 Å². The summed E-state index contributed by atoms with van der Waals surface area (Å²) in [6.45, 7) is 4.91. The lowest BCUT2D eigenvalue weighted by Crippen LogP contribution is -2.45. The summed E-state index contributed by atoms with van der Waals surface area (Å²) in [6.07, 6.45) is 78.3.